The molecule has 0 spiro atoms. The zero-order chi connectivity index (χ0) is 23.2. The number of hydrogen-bond acceptors (Lipinski definition) is 4. The third kappa shape index (κ3) is 6.87. The van der Waals surface area contributed by atoms with Crippen molar-refractivity contribution in [2.45, 2.75) is 25.1 Å². The van der Waals surface area contributed by atoms with Gasteiger partial charge in [0.15, 0.2) is 18.1 Å². The maximum atomic E-state index is 13.5. The van der Waals surface area contributed by atoms with Gasteiger partial charge in [0.25, 0.3) is 0 Å². The van der Waals surface area contributed by atoms with Crippen LogP contribution in [0.3, 0.4) is 0 Å². The normalized spacial score (nSPS) is 12.2. The number of methoxy groups -OCH3 is 1. The Morgan fingerprint density at radius 2 is 1.84 bits per heavy atom. The van der Waals surface area contributed by atoms with E-state index in [4.69, 9.17) is 15.2 Å². The molecule has 1 atom stereocenters. The number of ether oxygens (including phenoxy) is 2. The molecule has 1 unspecified atom stereocenters. The van der Waals surface area contributed by atoms with Gasteiger partial charge in [0, 0.05) is 13.5 Å². The minimum atomic E-state index is -4.49. The highest BCUT2D eigenvalue weighted by atomic mass is 19.4. The van der Waals surface area contributed by atoms with E-state index in [2.05, 4.69) is 0 Å². The summed E-state index contributed by atoms with van der Waals surface area (Å²) in [5.74, 6) is -1.78. The maximum absolute atomic E-state index is 13.5. The lowest BCUT2D eigenvalue weighted by molar-refractivity contribution is -0.153. The Morgan fingerprint density at radius 1 is 1.13 bits per heavy atom. The molecular weight excluding hydrogens is 420 g/mol. The second-order valence-electron chi connectivity index (χ2n) is 6.75. The van der Waals surface area contributed by atoms with Crippen molar-refractivity contribution >= 4 is 11.8 Å². The minimum Gasteiger partial charge on any atom is -0.493 e. The van der Waals surface area contributed by atoms with E-state index in [0.717, 1.165) is 11.0 Å². The summed E-state index contributed by atoms with van der Waals surface area (Å²) in [6, 6.07) is 8.41. The van der Waals surface area contributed by atoms with Crippen LogP contribution in [-0.2, 0) is 16.0 Å². The van der Waals surface area contributed by atoms with Crippen LogP contribution < -0.4 is 15.2 Å². The minimum absolute atomic E-state index is 0.0263. The number of benzene rings is 2. The number of nitrogens with zero attached hydrogens (tertiary/aromatic N) is 1. The molecule has 0 saturated heterocycles. The number of carbonyl (C=O) groups is 2. The van der Waals surface area contributed by atoms with Gasteiger partial charge in [-0.1, -0.05) is 18.2 Å². The predicted molar refractivity (Wildman–Crippen MR) is 104 cm³/mol. The fourth-order valence-electron chi connectivity index (χ4n) is 2.97. The first-order valence-corrected chi connectivity index (χ1v) is 9.18. The van der Waals surface area contributed by atoms with E-state index in [9.17, 15) is 27.2 Å². The number of alkyl halides is 3. The van der Waals surface area contributed by atoms with Gasteiger partial charge in [-0.15, -0.1) is 0 Å². The van der Waals surface area contributed by atoms with Crippen molar-refractivity contribution in [3.05, 3.63) is 59.4 Å². The molecule has 0 saturated carbocycles. The van der Waals surface area contributed by atoms with Crippen LogP contribution in [0.15, 0.2) is 42.5 Å². The van der Waals surface area contributed by atoms with Crippen LogP contribution in [-0.4, -0.2) is 43.7 Å². The summed E-state index contributed by atoms with van der Waals surface area (Å²) in [5, 5.41) is 0. The summed E-state index contributed by atoms with van der Waals surface area (Å²) in [5.41, 5.74) is 6.27. The summed E-state index contributed by atoms with van der Waals surface area (Å²) in [7, 11) is 2.67. The first-order valence-electron chi connectivity index (χ1n) is 9.18. The van der Waals surface area contributed by atoms with Gasteiger partial charge in [-0.2, -0.15) is 13.2 Å². The predicted octanol–water partition coefficient (Wildman–Crippen LogP) is 3.39. The van der Waals surface area contributed by atoms with Crippen LogP contribution in [0.4, 0.5) is 17.6 Å². The molecule has 0 aromatic heterocycles. The van der Waals surface area contributed by atoms with Gasteiger partial charge in [-0.25, -0.2) is 4.39 Å². The maximum Gasteiger partial charge on any atom is 0.422 e. The van der Waals surface area contributed by atoms with E-state index < -0.39 is 36.5 Å². The average Bonchev–Trinajstić information content (AvgIpc) is 2.69. The molecule has 168 valence electrons. The van der Waals surface area contributed by atoms with Crippen molar-refractivity contribution in [1.82, 2.24) is 4.90 Å². The number of nitrogens with two attached hydrogens (primary N) is 1. The van der Waals surface area contributed by atoms with E-state index >= 15 is 0 Å². The molecule has 0 radical (unpaired) electrons. The second kappa shape index (κ2) is 10.1. The molecular formula is C21H22F4N2O4. The first kappa shape index (κ1) is 24.0. The molecule has 2 aromatic carbocycles. The molecule has 0 aliphatic carbocycles. The van der Waals surface area contributed by atoms with Crippen molar-refractivity contribution in [3.8, 4) is 11.5 Å². The van der Waals surface area contributed by atoms with Crippen molar-refractivity contribution in [2.24, 2.45) is 5.73 Å². The van der Waals surface area contributed by atoms with Crippen LogP contribution in [0.2, 0.25) is 0 Å². The number of hydrogen-bond donors (Lipinski definition) is 1. The SMILES string of the molecule is COc1cc(CCC(=O)N(C)C(C(N)=O)c2cccc(F)c2)ccc1OCC(F)(F)F. The van der Waals surface area contributed by atoms with Crippen LogP contribution >= 0.6 is 0 Å². The Labute approximate surface area is 176 Å². The Hall–Kier alpha value is -3.30. The van der Waals surface area contributed by atoms with Gasteiger partial charge >= 0.3 is 6.18 Å². The summed E-state index contributed by atoms with van der Waals surface area (Å²) in [6.07, 6.45) is -4.30. The Kier molecular flexibility index (Phi) is 7.84. The largest absolute Gasteiger partial charge is 0.493 e. The van der Waals surface area contributed by atoms with Crippen LogP contribution in [0, 0.1) is 5.82 Å². The lowest BCUT2D eigenvalue weighted by Crippen LogP contribution is -2.39. The molecule has 0 heterocycles. The molecule has 2 amide bonds. The Morgan fingerprint density at radius 3 is 2.42 bits per heavy atom. The molecule has 0 fully saturated rings. The Balaban J connectivity index is 2.07. The van der Waals surface area contributed by atoms with Crippen LogP contribution in [0.5, 0.6) is 11.5 Å². The highest BCUT2D eigenvalue weighted by Gasteiger charge is 2.29. The van der Waals surface area contributed by atoms with E-state index in [0.29, 0.717) is 5.56 Å². The first-order chi connectivity index (χ1) is 14.5. The van der Waals surface area contributed by atoms with Gasteiger partial charge in [-0.05, 0) is 41.8 Å². The number of primary amides is 1. The molecule has 0 aliphatic rings. The highest BCUT2D eigenvalue weighted by molar-refractivity contribution is 5.87. The second-order valence-corrected chi connectivity index (χ2v) is 6.75. The third-order valence-electron chi connectivity index (χ3n) is 4.46. The number of aryl methyl sites for hydroxylation is 1. The van der Waals surface area contributed by atoms with Crippen LogP contribution in [0.25, 0.3) is 0 Å². The molecule has 0 bridgehead atoms. The lowest BCUT2D eigenvalue weighted by Gasteiger charge is -2.26. The number of amides is 2. The van der Waals surface area contributed by atoms with Gasteiger partial charge < -0.3 is 20.1 Å². The topological polar surface area (TPSA) is 81.9 Å². The quantitative estimate of drug-likeness (QED) is 0.604. The third-order valence-corrected chi connectivity index (χ3v) is 4.46. The summed E-state index contributed by atoms with van der Waals surface area (Å²) >= 11 is 0. The van der Waals surface area contributed by atoms with Crippen molar-refractivity contribution in [1.29, 1.82) is 0 Å². The lowest BCUT2D eigenvalue weighted by atomic mass is 10.0. The molecule has 10 heteroatoms. The highest BCUT2D eigenvalue weighted by Crippen LogP contribution is 2.30. The summed E-state index contributed by atoms with van der Waals surface area (Å²) in [6.45, 7) is -1.46. The monoisotopic (exact) mass is 442 g/mol. The Bertz CT molecular complexity index is 934. The fraction of sp³-hybridized carbons (Fsp3) is 0.333. The van der Waals surface area contributed by atoms with Gasteiger partial charge in [0.1, 0.15) is 11.9 Å². The number of halogens is 4. The van der Waals surface area contributed by atoms with E-state index in [-0.39, 0.29) is 29.9 Å². The number of carbonyl (C=O) groups excluding carboxylic acids is 2. The van der Waals surface area contributed by atoms with Crippen molar-refractivity contribution in [3.63, 3.8) is 0 Å². The zero-order valence-corrected chi connectivity index (χ0v) is 16.9. The van der Waals surface area contributed by atoms with E-state index in [1.165, 1.54) is 50.6 Å². The molecule has 2 aromatic rings. The fourth-order valence-corrected chi connectivity index (χ4v) is 2.97. The van der Waals surface area contributed by atoms with Gasteiger partial charge in [0.05, 0.1) is 7.11 Å². The van der Waals surface area contributed by atoms with Gasteiger partial charge in [-0.3, -0.25) is 9.59 Å². The van der Waals surface area contributed by atoms with Gasteiger partial charge in [0.2, 0.25) is 11.8 Å². The van der Waals surface area contributed by atoms with E-state index in [1.54, 1.807) is 0 Å². The number of likely N-dealkylation sites (N-methyl/N-ethyl adjacent to an activating group) is 1. The summed E-state index contributed by atoms with van der Waals surface area (Å²) in [4.78, 5) is 25.6. The van der Waals surface area contributed by atoms with Crippen molar-refractivity contribution in [2.75, 3.05) is 20.8 Å². The smallest absolute Gasteiger partial charge is 0.422 e. The standard InChI is InChI=1S/C21H22F4N2O4/c1-27(19(20(26)29)14-4-3-5-15(22)11-14)18(28)9-7-13-6-8-16(17(10-13)30-2)31-12-21(23,24)25/h3-6,8,10-11,19H,7,9,12H2,1-2H3,(H2,26,29). The van der Waals surface area contributed by atoms with Crippen LogP contribution in [0.1, 0.15) is 23.6 Å². The zero-order valence-electron chi connectivity index (χ0n) is 16.9. The van der Waals surface area contributed by atoms with Crippen molar-refractivity contribution < 1.29 is 36.6 Å². The molecule has 2 N–H and O–H groups in total. The number of rotatable bonds is 9. The molecule has 31 heavy (non-hydrogen) atoms. The molecule has 2 rings (SSSR count). The molecule has 0 aliphatic heterocycles. The summed E-state index contributed by atoms with van der Waals surface area (Å²) < 4.78 is 60.3. The molecule has 6 nitrogen and oxygen atoms in total. The average molecular weight is 442 g/mol. The van der Waals surface area contributed by atoms with E-state index in [1.807, 2.05) is 0 Å².